The lowest BCUT2D eigenvalue weighted by molar-refractivity contribution is 0.0466. The van der Waals surface area contributed by atoms with Crippen molar-refractivity contribution >= 4 is 0 Å². The van der Waals surface area contributed by atoms with E-state index in [0.717, 1.165) is 6.04 Å². The SMILES string of the molecule is CC1CN(CCC(C)(C)CN2CCC(N(C)C)CC2)CCN1CC(C)(C)C. The van der Waals surface area contributed by atoms with Crippen LogP contribution in [0.15, 0.2) is 0 Å². The van der Waals surface area contributed by atoms with Crippen LogP contribution >= 0.6 is 0 Å². The van der Waals surface area contributed by atoms with Crippen molar-refractivity contribution in [1.82, 2.24) is 19.6 Å². The molecule has 2 aliphatic rings. The highest BCUT2D eigenvalue weighted by molar-refractivity contribution is 4.85. The van der Waals surface area contributed by atoms with Gasteiger partial charge in [-0.05, 0) is 70.7 Å². The zero-order valence-corrected chi connectivity index (χ0v) is 19.7. The second kappa shape index (κ2) is 9.56. The summed E-state index contributed by atoms with van der Waals surface area (Å²) in [5.74, 6) is 0. The molecule has 2 heterocycles. The Morgan fingerprint density at radius 1 is 0.852 bits per heavy atom. The Labute approximate surface area is 170 Å². The van der Waals surface area contributed by atoms with Gasteiger partial charge in [0, 0.05) is 44.8 Å². The second-order valence-corrected chi connectivity index (χ2v) is 11.6. The molecule has 0 aromatic heterocycles. The largest absolute Gasteiger partial charge is 0.306 e. The number of nitrogens with zero attached hydrogens (tertiary/aromatic N) is 4. The molecule has 0 aromatic carbocycles. The molecule has 2 fully saturated rings. The van der Waals surface area contributed by atoms with E-state index in [1.165, 1.54) is 71.6 Å². The average Bonchev–Trinajstić information content (AvgIpc) is 2.54. The van der Waals surface area contributed by atoms with Crippen LogP contribution in [0.5, 0.6) is 0 Å². The molecule has 0 bridgehead atoms. The molecule has 4 heteroatoms. The fraction of sp³-hybridized carbons (Fsp3) is 1.00. The Morgan fingerprint density at radius 2 is 1.48 bits per heavy atom. The summed E-state index contributed by atoms with van der Waals surface area (Å²) in [5.41, 5.74) is 0.815. The monoisotopic (exact) mass is 380 g/mol. The van der Waals surface area contributed by atoms with Crippen LogP contribution in [0.3, 0.4) is 0 Å². The molecule has 2 saturated heterocycles. The zero-order valence-electron chi connectivity index (χ0n) is 19.7. The summed E-state index contributed by atoms with van der Waals surface area (Å²) in [6, 6.07) is 1.47. The fourth-order valence-corrected chi connectivity index (χ4v) is 4.86. The minimum Gasteiger partial charge on any atom is -0.306 e. The summed E-state index contributed by atoms with van der Waals surface area (Å²) >= 11 is 0. The van der Waals surface area contributed by atoms with E-state index in [-0.39, 0.29) is 0 Å². The van der Waals surface area contributed by atoms with Gasteiger partial charge in [0.15, 0.2) is 0 Å². The van der Waals surface area contributed by atoms with Crippen LogP contribution in [-0.2, 0) is 0 Å². The Balaban J connectivity index is 1.71. The van der Waals surface area contributed by atoms with Gasteiger partial charge in [0.25, 0.3) is 0 Å². The van der Waals surface area contributed by atoms with E-state index in [4.69, 9.17) is 0 Å². The first-order valence-electron chi connectivity index (χ1n) is 11.3. The van der Waals surface area contributed by atoms with Crippen molar-refractivity contribution in [3.63, 3.8) is 0 Å². The maximum Gasteiger partial charge on any atom is 0.0195 e. The molecule has 0 aliphatic carbocycles. The quantitative estimate of drug-likeness (QED) is 0.670. The first-order chi connectivity index (χ1) is 12.5. The first-order valence-corrected chi connectivity index (χ1v) is 11.3. The molecule has 0 amide bonds. The Morgan fingerprint density at radius 3 is 2.00 bits per heavy atom. The summed E-state index contributed by atoms with van der Waals surface area (Å²) in [6.07, 6.45) is 3.97. The predicted octanol–water partition coefficient (Wildman–Crippen LogP) is 3.48. The highest BCUT2D eigenvalue weighted by Crippen LogP contribution is 2.26. The van der Waals surface area contributed by atoms with Crippen LogP contribution in [0, 0.1) is 10.8 Å². The molecule has 0 spiro atoms. The van der Waals surface area contributed by atoms with Gasteiger partial charge in [-0.15, -0.1) is 0 Å². The van der Waals surface area contributed by atoms with Gasteiger partial charge >= 0.3 is 0 Å². The molecular formula is C23H48N4. The molecule has 0 saturated carbocycles. The van der Waals surface area contributed by atoms with E-state index in [1.807, 2.05) is 0 Å². The summed E-state index contributed by atoms with van der Waals surface area (Å²) < 4.78 is 0. The smallest absolute Gasteiger partial charge is 0.0195 e. The first kappa shape index (κ1) is 23.1. The van der Waals surface area contributed by atoms with Crippen LogP contribution in [0.2, 0.25) is 0 Å². The second-order valence-electron chi connectivity index (χ2n) is 11.6. The molecule has 27 heavy (non-hydrogen) atoms. The summed E-state index contributed by atoms with van der Waals surface area (Å²) in [4.78, 5) is 10.5. The number of piperidine rings is 1. The number of hydrogen-bond donors (Lipinski definition) is 0. The van der Waals surface area contributed by atoms with Gasteiger partial charge in [-0.2, -0.15) is 0 Å². The molecule has 1 unspecified atom stereocenters. The molecule has 0 radical (unpaired) electrons. The van der Waals surface area contributed by atoms with Crippen molar-refractivity contribution < 1.29 is 0 Å². The predicted molar refractivity (Wildman–Crippen MR) is 118 cm³/mol. The highest BCUT2D eigenvalue weighted by atomic mass is 15.3. The van der Waals surface area contributed by atoms with E-state index >= 15 is 0 Å². The third-order valence-corrected chi connectivity index (χ3v) is 6.57. The number of piperazine rings is 1. The minimum atomic E-state index is 0.401. The molecule has 1 atom stereocenters. The lowest BCUT2D eigenvalue weighted by Gasteiger charge is -2.44. The fourth-order valence-electron chi connectivity index (χ4n) is 4.86. The maximum absolute atomic E-state index is 2.71. The van der Waals surface area contributed by atoms with Crippen molar-refractivity contribution in [2.75, 3.05) is 66.5 Å². The highest BCUT2D eigenvalue weighted by Gasteiger charge is 2.30. The van der Waals surface area contributed by atoms with Gasteiger partial charge < -0.3 is 14.7 Å². The molecule has 2 aliphatic heterocycles. The third-order valence-electron chi connectivity index (χ3n) is 6.57. The van der Waals surface area contributed by atoms with E-state index in [0.29, 0.717) is 16.9 Å². The van der Waals surface area contributed by atoms with Gasteiger partial charge in [-0.25, -0.2) is 0 Å². The normalized spacial score (nSPS) is 25.4. The number of likely N-dealkylation sites (tertiary alicyclic amines) is 1. The van der Waals surface area contributed by atoms with Crippen LogP contribution < -0.4 is 0 Å². The molecule has 0 N–H and O–H groups in total. The molecular weight excluding hydrogens is 332 g/mol. The van der Waals surface area contributed by atoms with Crippen molar-refractivity contribution in [3.05, 3.63) is 0 Å². The van der Waals surface area contributed by atoms with E-state index in [2.05, 4.69) is 75.2 Å². The van der Waals surface area contributed by atoms with E-state index in [9.17, 15) is 0 Å². The average molecular weight is 381 g/mol. The number of rotatable bonds is 7. The standard InChI is InChI=1S/C23H48N4/c1-20-17-25(15-16-27(20)18-22(2,3)4)14-11-23(5,6)19-26-12-9-21(10-13-26)24(7)8/h20-21H,9-19H2,1-8H3. The summed E-state index contributed by atoms with van der Waals surface area (Å²) in [6.45, 7) is 24.4. The Kier molecular flexibility index (Phi) is 8.19. The van der Waals surface area contributed by atoms with E-state index in [1.54, 1.807) is 0 Å². The van der Waals surface area contributed by atoms with Crippen molar-refractivity contribution in [2.45, 2.75) is 72.9 Å². The number of hydrogen-bond acceptors (Lipinski definition) is 4. The molecule has 0 aromatic rings. The van der Waals surface area contributed by atoms with Gasteiger partial charge in [0.1, 0.15) is 0 Å². The van der Waals surface area contributed by atoms with Crippen molar-refractivity contribution in [3.8, 4) is 0 Å². The Bertz CT molecular complexity index is 432. The molecule has 160 valence electrons. The van der Waals surface area contributed by atoms with Crippen LogP contribution in [0.25, 0.3) is 0 Å². The Hall–Kier alpha value is -0.160. The van der Waals surface area contributed by atoms with Crippen LogP contribution in [-0.4, -0.2) is 98.1 Å². The van der Waals surface area contributed by atoms with Gasteiger partial charge in [-0.1, -0.05) is 34.6 Å². The van der Waals surface area contributed by atoms with Gasteiger partial charge in [0.05, 0.1) is 0 Å². The zero-order chi connectivity index (χ0) is 20.2. The summed E-state index contributed by atoms with van der Waals surface area (Å²) in [7, 11) is 4.46. The van der Waals surface area contributed by atoms with Gasteiger partial charge in [0.2, 0.25) is 0 Å². The molecule has 4 nitrogen and oxygen atoms in total. The lowest BCUT2D eigenvalue weighted by atomic mass is 9.87. The lowest BCUT2D eigenvalue weighted by Crippen LogP contribution is -2.54. The third kappa shape index (κ3) is 8.00. The minimum absolute atomic E-state index is 0.401. The maximum atomic E-state index is 2.71. The molecule has 2 rings (SSSR count). The van der Waals surface area contributed by atoms with E-state index < -0.39 is 0 Å². The van der Waals surface area contributed by atoms with Crippen LogP contribution in [0.1, 0.15) is 60.8 Å². The van der Waals surface area contributed by atoms with Gasteiger partial charge in [-0.3, -0.25) is 4.90 Å². The van der Waals surface area contributed by atoms with Crippen molar-refractivity contribution in [1.29, 1.82) is 0 Å². The van der Waals surface area contributed by atoms with Crippen molar-refractivity contribution in [2.24, 2.45) is 10.8 Å². The van der Waals surface area contributed by atoms with Crippen LogP contribution in [0.4, 0.5) is 0 Å². The topological polar surface area (TPSA) is 13.0 Å². The summed E-state index contributed by atoms with van der Waals surface area (Å²) in [5, 5.41) is 0.